The fourth-order valence-corrected chi connectivity index (χ4v) is 2.64. The largest absolute Gasteiger partial charge is 0.493 e. The van der Waals surface area contributed by atoms with E-state index in [1.807, 2.05) is 12.1 Å². The summed E-state index contributed by atoms with van der Waals surface area (Å²) in [7, 11) is 3.30. The van der Waals surface area contributed by atoms with Crippen molar-refractivity contribution < 1.29 is 14.6 Å². The van der Waals surface area contributed by atoms with E-state index in [1.54, 1.807) is 14.2 Å². The minimum Gasteiger partial charge on any atom is -0.493 e. The quantitative estimate of drug-likeness (QED) is 0.674. The first-order chi connectivity index (χ1) is 11.0. The summed E-state index contributed by atoms with van der Waals surface area (Å²) < 4.78 is 10.7. The number of aliphatic hydroxyl groups is 1. The highest BCUT2D eigenvalue weighted by atomic mass is 16.5. The number of hydrogen-bond donors (Lipinski definition) is 1. The standard InChI is InChI=1S/C19H33NO3/c1-6-7-17(21)14-20(11-10-15(2)3)13-16-8-9-18(22-4)19(12-16)23-5/h8-9,12,15,17,21H,6-7,10-11,13-14H2,1-5H3. The number of benzene rings is 1. The van der Waals surface area contributed by atoms with Gasteiger partial charge in [0.2, 0.25) is 0 Å². The van der Waals surface area contributed by atoms with Gasteiger partial charge in [-0.05, 0) is 43.0 Å². The van der Waals surface area contributed by atoms with Crippen molar-refractivity contribution in [2.75, 3.05) is 27.3 Å². The molecule has 1 N–H and O–H groups in total. The van der Waals surface area contributed by atoms with Crippen molar-refractivity contribution >= 4 is 0 Å². The Morgan fingerprint density at radius 1 is 1.09 bits per heavy atom. The number of rotatable bonds is 11. The maximum absolute atomic E-state index is 10.2. The molecular formula is C19H33NO3. The fourth-order valence-electron chi connectivity index (χ4n) is 2.64. The van der Waals surface area contributed by atoms with Crippen molar-refractivity contribution in [3.05, 3.63) is 23.8 Å². The van der Waals surface area contributed by atoms with Crippen molar-refractivity contribution in [2.45, 2.75) is 52.7 Å². The molecule has 0 aromatic heterocycles. The van der Waals surface area contributed by atoms with E-state index in [0.29, 0.717) is 5.92 Å². The second-order valence-electron chi connectivity index (χ2n) is 6.55. The van der Waals surface area contributed by atoms with Crippen LogP contribution in [0.15, 0.2) is 18.2 Å². The smallest absolute Gasteiger partial charge is 0.161 e. The van der Waals surface area contributed by atoms with Gasteiger partial charge in [0.1, 0.15) is 0 Å². The molecule has 0 heterocycles. The van der Waals surface area contributed by atoms with Gasteiger partial charge in [-0.1, -0.05) is 33.3 Å². The highest BCUT2D eigenvalue weighted by molar-refractivity contribution is 5.42. The van der Waals surface area contributed by atoms with Crippen molar-refractivity contribution in [1.29, 1.82) is 0 Å². The van der Waals surface area contributed by atoms with Crippen LogP contribution < -0.4 is 9.47 Å². The van der Waals surface area contributed by atoms with E-state index < -0.39 is 0 Å². The lowest BCUT2D eigenvalue weighted by atomic mass is 10.1. The maximum atomic E-state index is 10.2. The molecule has 0 fully saturated rings. The molecule has 1 unspecified atom stereocenters. The molecule has 0 aliphatic heterocycles. The van der Waals surface area contributed by atoms with E-state index in [0.717, 1.165) is 50.4 Å². The molecule has 1 atom stereocenters. The third kappa shape index (κ3) is 7.23. The summed E-state index contributed by atoms with van der Waals surface area (Å²) in [5.41, 5.74) is 1.18. The average molecular weight is 323 g/mol. The van der Waals surface area contributed by atoms with Crippen molar-refractivity contribution in [3.8, 4) is 11.5 Å². The Kier molecular flexibility index (Phi) is 9.03. The van der Waals surface area contributed by atoms with Crippen LogP contribution in [0.1, 0.15) is 45.6 Å². The SMILES string of the molecule is CCCC(O)CN(CCC(C)C)Cc1ccc(OC)c(OC)c1. The first-order valence-corrected chi connectivity index (χ1v) is 8.61. The molecule has 0 saturated carbocycles. The van der Waals surface area contributed by atoms with Crippen LogP contribution in [-0.2, 0) is 6.54 Å². The predicted molar refractivity (Wildman–Crippen MR) is 95.2 cm³/mol. The predicted octanol–water partition coefficient (Wildman–Crippen LogP) is 3.71. The molecule has 1 rings (SSSR count). The number of hydrogen-bond acceptors (Lipinski definition) is 4. The van der Waals surface area contributed by atoms with E-state index >= 15 is 0 Å². The molecule has 0 spiro atoms. The second-order valence-corrected chi connectivity index (χ2v) is 6.55. The van der Waals surface area contributed by atoms with Crippen molar-refractivity contribution in [2.24, 2.45) is 5.92 Å². The third-order valence-electron chi connectivity index (χ3n) is 3.97. The maximum Gasteiger partial charge on any atom is 0.161 e. The Morgan fingerprint density at radius 2 is 1.78 bits per heavy atom. The number of methoxy groups -OCH3 is 2. The van der Waals surface area contributed by atoms with Crippen LogP contribution in [0.3, 0.4) is 0 Å². The average Bonchev–Trinajstić information content (AvgIpc) is 2.52. The minimum atomic E-state index is -0.257. The molecule has 23 heavy (non-hydrogen) atoms. The summed E-state index contributed by atoms with van der Waals surface area (Å²) in [6.45, 7) is 9.10. The lowest BCUT2D eigenvalue weighted by molar-refractivity contribution is 0.0980. The number of ether oxygens (including phenoxy) is 2. The van der Waals surface area contributed by atoms with Crippen LogP contribution in [0.4, 0.5) is 0 Å². The summed E-state index contributed by atoms with van der Waals surface area (Å²) in [6.07, 6.45) is 2.73. The molecule has 0 saturated heterocycles. The Labute approximate surface area is 141 Å². The zero-order chi connectivity index (χ0) is 17.2. The Balaban J connectivity index is 2.77. The van der Waals surface area contributed by atoms with Gasteiger partial charge in [-0.2, -0.15) is 0 Å². The number of aliphatic hydroxyl groups excluding tert-OH is 1. The Morgan fingerprint density at radius 3 is 2.35 bits per heavy atom. The summed E-state index contributed by atoms with van der Waals surface area (Å²) in [5, 5.41) is 10.2. The van der Waals surface area contributed by atoms with Crippen LogP contribution in [0.5, 0.6) is 11.5 Å². The topological polar surface area (TPSA) is 41.9 Å². The molecule has 0 bridgehead atoms. The molecular weight excluding hydrogens is 290 g/mol. The van der Waals surface area contributed by atoms with Crippen molar-refractivity contribution in [1.82, 2.24) is 4.90 Å². The zero-order valence-electron chi connectivity index (χ0n) is 15.3. The molecule has 4 nitrogen and oxygen atoms in total. The lowest BCUT2D eigenvalue weighted by Gasteiger charge is -2.26. The second kappa shape index (κ2) is 10.5. The summed E-state index contributed by atoms with van der Waals surface area (Å²) in [5.74, 6) is 2.16. The molecule has 0 amide bonds. The summed E-state index contributed by atoms with van der Waals surface area (Å²) in [4.78, 5) is 2.33. The summed E-state index contributed by atoms with van der Waals surface area (Å²) in [6, 6.07) is 6.03. The van der Waals surface area contributed by atoms with E-state index in [4.69, 9.17) is 9.47 Å². The van der Waals surface area contributed by atoms with Gasteiger partial charge in [0.25, 0.3) is 0 Å². The summed E-state index contributed by atoms with van der Waals surface area (Å²) >= 11 is 0. The van der Waals surface area contributed by atoms with E-state index in [2.05, 4.69) is 31.7 Å². The van der Waals surface area contributed by atoms with Gasteiger partial charge in [0.15, 0.2) is 11.5 Å². The van der Waals surface area contributed by atoms with Crippen LogP contribution >= 0.6 is 0 Å². The van der Waals surface area contributed by atoms with E-state index in [1.165, 1.54) is 5.56 Å². The normalized spacial score (nSPS) is 12.7. The Bertz CT molecular complexity index is 448. The van der Waals surface area contributed by atoms with Gasteiger partial charge in [0, 0.05) is 13.1 Å². The fraction of sp³-hybridized carbons (Fsp3) is 0.684. The van der Waals surface area contributed by atoms with Crippen LogP contribution in [0.25, 0.3) is 0 Å². The minimum absolute atomic E-state index is 0.257. The highest BCUT2D eigenvalue weighted by Crippen LogP contribution is 2.28. The zero-order valence-corrected chi connectivity index (χ0v) is 15.3. The molecule has 132 valence electrons. The molecule has 0 aliphatic rings. The molecule has 1 aromatic carbocycles. The van der Waals surface area contributed by atoms with Gasteiger partial charge in [-0.15, -0.1) is 0 Å². The van der Waals surface area contributed by atoms with Gasteiger partial charge < -0.3 is 14.6 Å². The lowest BCUT2D eigenvalue weighted by Crippen LogP contribution is -2.33. The van der Waals surface area contributed by atoms with Gasteiger partial charge in [0.05, 0.1) is 20.3 Å². The van der Waals surface area contributed by atoms with E-state index in [9.17, 15) is 5.11 Å². The monoisotopic (exact) mass is 323 g/mol. The van der Waals surface area contributed by atoms with Crippen LogP contribution in [0.2, 0.25) is 0 Å². The highest BCUT2D eigenvalue weighted by Gasteiger charge is 2.14. The Hall–Kier alpha value is -1.26. The van der Waals surface area contributed by atoms with Gasteiger partial charge >= 0.3 is 0 Å². The van der Waals surface area contributed by atoms with E-state index in [-0.39, 0.29) is 6.10 Å². The first-order valence-electron chi connectivity index (χ1n) is 8.61. The molecule has 0 radical (unpaired) electrons. The van der Waals surface area contributed by atoms with Crippen LogP contribution in [0, 0.1) is 5.92 Å². The molecule has 0 aliphatic carbocycles. The molecule has 1 aromatic rings. The number of nitrogens with zero attached hydrogens (tertiary/aromatic N) is 1. The molecule has 4 heteroatoms. The van der Waals surface area contributed by atoms with Crippen molar-refractivity contribution in [3.63, 3.8) is 0 Å². The third-order valence-corrected chi connectivity index (χ3v) is 3.97. The first kappa shape index (κ1) is 19.8. The van der Waals surface area contributed by atoms with Crippen LogP contribution in [-0.4, -0.2) is 43.4 Å². The van der Waals surface area contributed by atoms with Gasteiger partial charge in [-0.3, -0.25) is 4.90 Å². The van der Waals surface area contributed by atoms with Gasteiger partial charge in [-0.25, -0.2) is 0 Å².